The molecule has 2 nitrogen and oxygen atoms in total. The maximum absolute atomic E-state index is 9.53. The largest absolute Gasteiger partial charge is 0.389 e. The van der Waals surface area contributed by atoms with E-state index in [-0.39, 0.29) is 0 Å². The Morgan fingerprint density at radius 3 is 1.89 bits per heavy atom. The highest BCUT2D eigenvalue weighted by atomic mass is 16.3. The fourth-order valence-electron chi connectivity index (χ4n) is 2.27. The first-order chi connectivity index (χ1) is 8.97. The summed E-state index contributed by atoms with van der Waals surface area (Å²) in [7, 11) is 2.06. The van der Waals surface area contributed by atoms with E-state index in [9.17, 15) is 5.11 Å². The topological polar surface area (TPSA) is 23.5 Å². The van der Waals surface area contributed by atoms with Crippen LogP contribution in [0.15, 0.2) is 42.5 Å². The average molecular weight is 255 g/mol. The first-order valence-electron chi connectivity index (χ1n) is 6.57. The number of hydrogen-bond donors (Lipinski definition) is 1. The quantitative estimate of drug-likeness (QED) is 0.891. The van der Waals surface area contributed by atoms with Crippen LogP contribution in [0, 0.1) is 13.8 Å². The minimum absolute atomic E-state index is 0.416. The summed E-state index contributed by atoms with van der Waals surface area (Å²) in [5.41, 5.74) is 5.78. The molecule has 0 spiro atoms. The van der Waals surface area contributed by atoms with Crippen molar-refractivity contribution < 1.29 is 5.11 Å². The summed E-state index contributed by atoms with van der Waals surface area (Å²) >= 11 is 0. The first-order valence-corrected chi connectivity index (χ1v) is 6.57. The second-order valence-corrected chi connectivity index (χ2v) is 5.17. The standard InChI is InChI=1S/C17H21NO/c1-12-9-13(2)11-17(10-12)18(4)16-7-5-15(6-8-16)14(3)19/h5-11,14,19H,1-4H3. The normalized spacial score (nSPS) is 12.3. The van der Waals surface area contributed by atoms with E-state index in [1.807, 2.05) is 24.3 Å². The van der Waals surface area contributed by atoms with Gasteiger partial charge in [0.2, 0.25) is 0 Å². The van der Waals surface area contributed by atoms with Gasteiger partial charge in [-0.1, -0.05) is 18.2 Å². The average Bonchev–Trinajstić information content (AvgIpc) is 2.37. The molecule has 1 atom stereocenters. The molecule has 0 aliphatic rings. The second kappa shape index (κ2) is 5.45. The highest BCUT2D eigenvalue weighted by Crippen LogP contribution is 2.26. The molecule has 0 radical (unpaired) electrons. The molecule has 0 saturated carbocycles. The highest BCUT2D eigenvalue weighted by Gasteiger charge is 2.06. The number of nitrogens with zero attached hydrogens (tertiary/aromatic N) is 1. The van der Waals surface area contributed by atoms with E-state index in [0.717, 1.165) is 11.3 Å². The van der Waals surface area contributed by atoms with Crippen molar-refractivity contribution >= 4 is 11.4 Å². The Balaban J connectivity index is 2.30. The number of hydrogen-bond acceptors (Lipinski definition) is 2. The van der Waals surface area contributed by atoms with Crippen molar-refractivity contribution in [3.05, 3.63) is 59.2 Å². The summed E-state index contributed by atoms with van der Waals surface area (Å²) in [6.07, 6.45) is -0.416. The second-order valence-electron chi connectivity index (χ2n) is 5.17. The number of aryl methyl sites for hydroxylation is 2. The molecule has 0 fully saturated rings. The van der Waals surface area contributed by atoms with Gasteiger partial charge in [0.25, 0.3) is 0 Å². The van der Waals surface area contributed by atoms with E-state index in [4.69, 9.17) is 0 Å². The van der Waals surface area contributed by atoms with Crippen LogP contribution >= 0.6 is 0 Å². The van der Waals surface area contributed by atoms with Gasteiger partial charge >= 0.3 is 0 Å². The van der Waals surface area contributed by atoms with Crippen LogP contribution in [0.2, 0.25) is 0 Å². The van der Waals surface area contributed by atoms with Gasteiger partial charge < -0.3 is 10.0 Å². The molecule has 2 aromatic carbocycles. The molecule has 0 amide bonds. The maximum atomic E-state index is 9.53. The van der Waals surface area contributed by atoms with Gasteiger partial charge in [-0.25, -0.2) is 0 Å². The number of anilines is 2. The molecule has 0 heterocycles. The Morgan fingerprint density at radius 2 is 1.42 bits per heavy atom. The number of aliphatic hydroxyl groups excluding tert-OH is 1. The predicted octanol–water partition coefficient (Wildman–Crippen LogP) is 4.12. The molecular weight excluding hydrogens is 234 g/mol. The summed E-state index contributed by atoms with van der Waals surface area (Å²) in [5.74, 6) is 0. The minimum atomic E-state index is -0.416. The summed E-state index contributed by atoms with van der Waals surface area (Å²) < 4.78 is 0. The molecule has 2 aromatic rings. The Morgan fingerprint density at radius 1 is 0.895 bits per heavy atom. The van der Waals surface area contributed by atoms with Gasteiger partial charge in [0.1, 0.15) is 0 Å². The number of rotatable bonds is 3. The van der Waals surface area contributed by atoms with Crippen LogP contribution < -0.4 is 4.90 Å². The molecule has 100 valence electrons. The summed E-state index contributed by atoms with van der Waals surface area (Å²) in [4.78, 5) is 2.16. The predicted molar refractivity (Wildman–Crippen MR) is 81.1 cm³/mol. The van der Waals surface area contributed by atoms with E-state index in [2.05, 4.69) is 44.0 Å². The van der Waals surface area contributed by atoms with E-state index < -0.39 is 6.10 Å². The van der Waals surface area contributed by atoms with Crippen molar-refractivity contribution in [3.63, 3.8) is 0 Å². The lowest BCUT2D eigenvalue weighted by molar-refractivity contribution is 0.199. The lowest BCUT2D eigenvalue weighted by Gasteiger charge is -2.21. The fourth-order valence-corrected chi connectivity index (χ4v) is 2.27. The minimum Gasteiger partial charge on any atom is -0.389 e. The van der Waals surface area contributed by atoms with Gasteiger partial charge in [-0.05, 0) is 61.7 Å². The van der Waals surface area contributed by atoms with E-state index >= 15 is 0 Å². The van der Waals surface area contributed by atoms with Gasteiger partial charge in [-0.15, -0.1) is 0 Å². The zero-order chi connectivity index (χ0) is 14.0. The van der Waals surface area contributed by atoms with Crippen molar-refractivity contribution in [3.8, 4) is 0 Å². The Hall–Kier alpha value is -1.80. The molecule has 0 bridgehead atoms. The Kier molecular flexibility index (Phi) is 3.91. The smallest absolute Gasteiger partial charge is 0.0761 e. The summed E-state index contributed by atoms with van der Waals surface area (Å²) in [6.45, 7) is 6.00. The third-order valence-corrected chi connectivity index (χ3v) is 3.36. The molecule has 1 N–H and O–H groups in total. The van der Waals surface area contributed by atoms with E-state index in [1.54, 1.807) is 6.92 Å². The molecule has 2 heteroatoms. The fraction of sp³-hybridized carbons (Fsp3) is 0.294. The SMILES string of the molecule is Cc1cc(C)cc(N(C)c2ccc(C(C)O)cc2)c1. The van der Waals surface area contributed by atoms with Crippen LogP contribution in [0.5, 0.6) is 0 Å². The third-order valence-electron chi connectivity index (χ3n) is 3.36. The van der Waals surface area contributed by atoms with Crippen molar-refractivity contribution in [1.82, 2.24) is 0 Å². The van der Waals surface area contributed by atoms with Crippen LogP contribution in [0.4, 0.5) is 11.4 Å². The lowest BCUT2D eigenvalue weighted by atomic mass is 10.1. The van der Waals surface area contributed by atoms with E-state index in [1.165, 1.54) is 16.8 Å². The zero-order valence-electron chi connectivity index (χ0n) is 12.0. The summed E-state index contributed by atoms with van der Waals surface area (Å²) in [6, 6.07) is 14.6. The zero-order valence-corrected chi connectivity index (χ0v) is 12.0. The van der Waals surface area contributed by atoms with Crippen molar-refractivity contribution in [1.29, 1.82) is 0 Å². The van der Waals surface area contributed by atoms with Crippen LogP contribution in [-0.4, -0.2) is 12.2 Å². The summed E-state index contributed by atoms with van der Waals surface area (Å²) in [5, 5.41) is 9.53. The molecule has 2 rings (SSSR count). The molecule has 0 saturated heterocycles. The molecule has 0 aliphatic carbocycles. The van der Waals surface area contributed by atoms with Gasteiger partial charge in [-0.3, -0.25) is 0 Å². The molecule has 19 heavy (non-hydrogen) atoms. The van der Waals surface area contributed by atoms with Gasteiger partial charge in [0, 0.05) is 18.4 Å². The van der Waals surface area contributed by atoms with Crippen LogP contribution in [0.3, 0.4) is 0 Å². The van der Waals surface area contributed by atoms with Crippen LogP contribution in [0.25, 0.3) is 0 Å². The molecule has 0 aliphatic heterocycles. The van der Waals surface area contributed by atoms with Crippen molar-refractivity contribution in [2.45, 2.75) is 26.9 Å². The Labute approximate surface area is 115 Å². The number of aliphatic hydroxyl groups is 1. The van der Waals surface area contributed by atoms with Crippen LogP contribution in [0.1, 0.15) is 29.7 Å². The third kappa shape index (κ3) is 3.15. The van der Waals surface area contributed by atoms with E-state index in [0.29, 0.717) is 0 Å². The lowest BCUT2D eigenvalue weighted by Crippen LogP contribution is -2.10. The van der Waals surface area contributed by atoms with Crippen molar-refractivity contribution in [2.75, 3.05) is 11.9 Å². The van der Waals surface area contributed by atoms with Crippen LogP contribution in [-0.2, 0) is 0 Å². The molecule has 0 aromatic heterocycles. The first kappa shape index (κ1) is 13.6. The molecular formula is C17H21NO. The monoisotopic (exact) mass is 255 g/mol. The molecule has 1 unspecified atom stereocenters. The van der Waals surface area contributed by atoms with Crippen molar-refractivity contribution in [2.24, 2.45) is 0 Å². The Bertz CT molecular complexity index is 538. The van der Waals surface area contributed by atoms with Gasteiger partial charge in [0.05, 0.1) is 6.10 Å². The van der Waals surface area contributed by atoms with Gasteiger partial charge in [-0.2, -0.15) is 0 Å². The van der Waals surface area contributed by atoms with Gasteiger partial charge in [0.15, 0.2) is 0 Å². The highest BCUT2D eigenvalue weighted by molar-refractivity contribution is 5.64. The number of benzene rings is 2. The maximum Gasteiger partial charge on any atom is 0.0761 e.